The summed E-state index contributed by atoms with van der Waals surface area (Å²) in [5.74, 6) is 1.00. The van der Waals surface area contributed by atoms with Crippen molar-refractivity contribution in [1.29, 1.82) is 0 Å². The molecule has 4 nitrogen and oxygen atoms in total. The third-order valence-electron chi connectivity index (χ3n) is 2.67. The molecule has 1 aromatic heterocycles. The van der Waals surface area contributed by atoms with Crippen LogP contribution in [0.25, 0.3) is 0 Å². The van der Waals surface area contributed by atoms with E-state index in [0.29, 0.717) is 6.04 Å². The molecule has 0 radical (unpaired) electrons. The second kappa shape index (κ2) is 4.37. The summed E-state index contributed by atoms with van der Waals surface area (Å²) in [5.41, 5.74) is 0. The summed E-state index contributed by atoms with van der Waals surface area (Å²) < 4.78 is 0. The zero-order valence-corrected chi connectivity index (χ0v) is 8.48. The lowest BCUT2D eigenvalue weighted by Crippen LogP contribution is -2.37. The Morgan fingerprint density at radius 3 is 3.29 bits per heavy atom. The van der Waals surface area contributed by atoms with Crippen LogP contribution in [0, 0.1) is 0 Å². The number of rotatable bonds is 3. The summed E-state index contributed by atoms with van der Waals surface area (Å²) in [4.78, 5) is 2.34. The van der Waals surface area contributed by atoms with Gasteiger partial charge in [-0.15, -0.1) is 5.10 Å². The Bertz CT molecular complexity index is 275. The van der Waals surface area contributed by atoms with E-state index in [2.05, 4.69) is 20.4 Å². The highest BCUT2D eigenvalue weighted by Crippen LogP contribution is 2.22. The smallest absolute Gasteiger partial charge is 0.151 e. The van der Waals surface area contributed by atoms with Gasteiger partial charge in [0.25, 0.3) is 0 Å². The van der Waals surface area contributed by atoms with Crippen molar-refractivity contribution in [1.82, 2.24) is 15.5 Å². The zero-order valence-electron chi connectivity index (χ0n) is 8.48. The number of likely N-dealkylation sites (N-methyl/N-ethyl adjacent to an activating group) is 1. The van der Waals surface area contributed by atoms with Gasteiger partial charge in [0, 0.05) is 25.3 Å². The van der Waals surface area contributed by atoms with E-state index in [9.17, 15) is 0 Å². The van der Waals surface area contributed by atoms with Crippen molar-refractivity contribution >= 4 is 5.82 Å². The van der Waals surface area contributed by atoms with Gasteiger partial charge in [0.1, 0.15) is 0 Å². The minimum atomic E-state index is 0.580. The van der Waals surface area contributed by atoms with Gasteiger partial charge in [-0.25, -0.2) is 0 Å². The Morgan fingerprint density at radius 2 is 2.57 bits per heavy atom. The molecule has 1 atom stereocenters. The van der Waals surface area contributed by atoms with Crippen LogP contribution in [0.3, 0.4) is 0 Å². The molecule has 1 aliphatic rings. The molecule has 0 amide bonds. The molecule has 0 saturated carbocycles. The molecule has 1 aromatic rings. The molecule has 14 heavy (non-hydrogen) atoms. The van der Waals surface area contributed by atoms with E-state index >= 15 is 0 Å². The maximum absolute atomic E-state index is 4.14. The predicted octanol–water partition coefficient (Wildman–Crippen LogP) is 0.665. The second-order valence-corrected chi connectivity index (χ2v) is 3.63. The summed E-state index contributed by atoms with van der Waals surface area (Å²) in [6.07, 6.45) is 4.22. The van der Waals surface area contributed by atoms with Crippen LogP contribution in [-0.4, -0.2) is 36.4 Å². The van der Waals surface area contributed by atoms with Crippen molar-refractivity contribution in [2.75, 3.05) is 25.0 Å². The van der Waals surface area contributed by atoms with E-state index in [-0.39, 0.29) is 0 Å². The highest BCUT2D eigenvalue weighted by Gasteiger charge is 2.24. The zero-order chi connectivity index (χ0) is 9.80. The van der Waals surface area contributed by atoms with E-state index < -0.39 is 0 Å². The lowest BCUT2D eigenvalue weighted by Gasteiger charge is -2.24. The summed E-state index contributed by atoms with van der Waals surface area (Å²) >= 11 is 0. The fourth-order valence-electron chi connectivity index (χ4n) is 2.03. The molecule has 76 valence electrons. The maximum Gasteiger partial charge on any atom is 0.151 e. The lowest BCUT2D eigenvalue weighted by atomic mass is 10.2. The van der Waals surface area contributed by atoms with Crippen LogP contribution in [0.2, 0.25) is 0 Å². The van der Waals surface area contributed by atoms with Gasteiger partial charge < -0.3 is 10.2 Å². The molecule has 4 heteroatoms. The van der Waals surface area contributed by atoms with Gasteiger partial charge >= 0.3 is 0 Å². The van der Waals surface area contributed by atoms with Crippen molar-refractivity contribution in [2.45, 2.75) is 18.9 Å². The molecule has 1 aliphatic heterocycles. The Balaban J connectivity index is 2.10. The van der Waals surface area contributed by atoms with Crippen molar-refractivity contribution in [3.8, 4) is 0 Å². The number of hydrogen-bond donors (Lipinski definition) is 1. The molecular weight excluding hydrogens is 176 g/mol. The summed E-state index contributed by atoms with van der Waals surface area (Å²) in [6, 6.07) is 4.55. The molecule has 1 fully saturated rings. The van der Waals surface area contributed by atoms with Crippen LogP contribution >= 0.6 is 0 Å². The van der Waals surface area contributed by atoms with Crippen molar-refractivity contribution < 1.29 is 0 Å². The molecule has 0 aliphatic carbocycles. The molecule has 0 unspecified atom stereocenters. The van der Waals surface area contributed by atoms with Crippen molar-refractivity contribution in [2.24, 2.45) is 0 Å². The number of nitrogens with zero attached hydrogens (tertiary/aromatic N) is 3. The fourth-order valence-corrected chi connectivity index (χ4v) is 2.03. The van der Waals surface area contributed by atoms with Crippen LogP contribution in [0.15, 0.2) is 18.3 Å². The number of anilines is 1. The molecule has 1 N–H and O–H groups in total. The Hall–Kier alpha value is -1.16. The van der Waals surface area contributed by atoms with Crippen LogP contribution in [0.5, 0.6) is 0 Å². The first-order valence-corrected chi connectivity index (χ1v) is 5.11. The van der Waals surface area contributed by atoms with Gasteiger partial charge in [-0.05, 0) is 32.0 Å². The third-order valence-corrected chi connectivity index (χ3v) is 2.67. The Morgan fingerprint density at radius 1 is 1.64 bits per heavy atom. The van der Waals surface area contributed by atoms with Crippen LogP contribution in [0.1, 0.15) is 12.8 Å². The summed E-state index contributed by atoms with van der Waals surface area (Å²) in [6.45, 7) is 2.13. The predicted molar refractivity (Wildman–Crippen MR) is 56.3 cm³/mol. The van der Waals surface area contributed by atoms with Crippen molar-refractivity contribution in [3.05, 3.63) is 18.3 Å². The van der Waals surface area contributed by atoms with Gasteiger partial charge in [0.15, 0.2) is 5.82 Å². The fraction of sp³-hybridized carbons (Fsp3) is 0.600. The number of hydrogen-bond acceptors (Lipinski definition) is 4. The van der Waals surface area contributed by atoms with Gasteiger partial charge in [-0.2, -0.15) is 5.10 Å². The topological polar surface area (TPSA) is 41.0 Å². The van der Waals surface area contributed by atoms with E-state index in [0.717, 1.165) is 18.9 Å². The van der Waals surface area contributed by atoms with Gasteiger partial charge in [-0.3, -0.25) is 0 Å². The molecule has 0 spiro atoms. The maximum atomic E-state index is 4.14. The summed E-state index contributed by atoms with van der Waals surface area (Å²) in [5, 5.41) is 11.3. The largest absolute Gasteiger partial charge is 0.351 e. The van der Waals surface area contributed by atoms with E-state index in [1.807, 2.05) is 19.2 Å². The van der Waals surface area contributed by atoms with Crippen LogP contribution in [0.4, 0.5) is 5.82 Å². The highest BCUT2D eigenvalue weighted by atomic mass is 15.3. The SMILES string of the molecule is CNC[C@H]1CCCN1c1cccnn1. The third kappa shape index (κ3) is 1.85. The summed E-state index contributed by atoms with van der Waals surface area (Å²) in [7, 11) is 1.99. The normalized spacial score (nSPS) is 21.5. The first-order chi connectivity index (χ1) is 6.92. The molecule has 1 saturated heterocycles. The average molecular weight is 192 g/mol. The molecule has 0 aromatic carbocycles. The standard InChI is InChI=1S/C10H16N4/c1-11-8-9-4-3-7-14(9)10-5-2-6-12-13-10/h2,5-6,9,11H,3-4,7-8H2,1H3/t9-/m1/s1. The average Bonchev–Trinajstić information content (AvgIpc) is 2.68. The minimum Gasteiger partial charge on any atom is -0.351 e. The Labute approximate surface area is 84.3 Å². The van der Waals surface area contributed by atoms with Gasteiger partial charge in [-0.1, -0.05) is 0 Å². The van der Waals surface area contributed by atoms with Crippen LogP contribution in [-0.2, 0) is 0 Å². The van der Waals surface area contributed by atoms with Gasteiger partial charge in [0.2, 0.25) is 0 Å². The molecular formula is C10H16N4. The first-order valence-electron chi connectivity index (χ1n) is 5.11. The molecule has 0 bridgehead atoms. The minimum absolute atomic E-state index is 0.580. The highest BCUT2D eigenvalue weighted by molar-refractivity contribution is 5.39. The van der Waals surface area contributed by atoms with E-state index in [1.165, 1.54) is 12.8 Å². The van der Waals surface area contributed by atoms with E-state index in [1.54, 1.807) is 6.20 Å². The monoisotopic (exact) mass is 192 g/mol. The lowest BCUT2D eigenvalue weighted by molar-refractivity contribution is 0.609. The number of nitrogens with one attached hydrogen (secondary N) is 1. The van der Waals surface area contributed by atoms with Crippen molar-refractivity contribution in [3.63, 3.8) is 0 Å². The second-order valence-electron chi connectivity index (χ2n) is 3.63. The molecule has 2 heterocycles. The number of aromatic nitrogens is 2. The van der Waals surface area contributed by atoms with E-state index in [4.69, 9.17) is 0 Å². The quantitative estimate of drug-likeness (QED) is 0.764. The van der Waals surface area contributed by atoms with Gasteiger partial charge in [0.05, 0.1) is 0 Å². The first kappa shape index (κ1) is 9.40. The Kier molecular flexibility index (Phi) is 2.93. The molecule has 2 rings (SSSR count). The van der Waals surface area contributed by atoms with Crippen LogP contribution < -0.4 is 10.2 Å².